The van der Waals surface area contributed by atoms with E-state index in [4.69, 9.17) is 25.8 Å². The van der Waals surface area contributed by atoms with Crippen molar-refractivity contribution in [2.24, 2.45) is 17.8 Å². The Morgan fingerprint density at radius 2 is 1.76 bits per heavy atom. The van der Waals surface area contributed by atoms with Crippen LogP contribution in [0.15, 0.2) is 54.6 Å². The van der Waals surface area contributed by atoms with Crippen molar-refractivity contribution in [3.63, 3.8) is 0 Å². The highest BCUT2D eigenvalue weighted by Crippen LogP contribution is 2.53. The lowest BCUT2D eigenvalue weighted by atomic mass is 9.76. The maximum Gasteiger partial charge on any atom is 0.247 e. The number of carbonyl (C=O) groups excluding carboxylic acids is 3. The summed E-state index contributed by atoms with van der Waals surface area (Å²) in [5, 5.41) is 6.72. The SMILES string of the molecule is COc1cc(NC(=O)[C@@H]2[C@@H]3C=C[C@@]4(CN([C@H](C(=O)N[C@@H]5CCCC[C@@H]5C)c5ccc(Cl)cc5)C(=O)[C@H]24)O3)cc(OC)c1. The number of benzene rings is 2. The number of fused-ring (bicyclic) bond motifs is 1. The van der Waals surface area contributed by atoms with E-state index in [1.165, 1.54) is 14.2 Å². The van der Waals surface area contributed by atoms with Gasteiger partial charge in [-0.2, -0.15) is 0 Å². The standard InChI is InChI=1S/C32H36ClN3O6/c1-18-6-4-5-7-24(18)35-30(38)28(19-8-10-20(33)11-9-19)36-17-32-13-12-25(42-32)26(27(32)31(36)39)29(37)34-21-14-22(40-2)16-23(15-21)41-3/h8-16,18,24-28H,4-7,17H2,1-3H3,(H,34,37)(H,35,38)/t18-,24+,25-,26+,27-,28-,32-/m0/s1. The quantitative estimate of drug-likeness (QED) is 0.436. The third-order valence-electron chi connectivity index (χ3n) is 9.24. The summed E-state index contributed by atoms with van der Waals surface area (Å²) in [6.07, 6.45) is 7.37. The van der Waals surface area contributed by atoms with E-state index in [1.54, 1.807) is 47.4 Å². The van der Waals surface area contributed by atoms with Crippen LogP contribution in [0, 0.1) is 17.8 Å². The molecule has 6 rings (SSSR count). The Morgan fingerprint density at radius 1 is 1.07 bits per heavy atom. The van der Waals surface area contributed by atoms with Crippen LogP contribution >= 0.6 is 11.6 Å². The number of hydrogen-bond donors (Lipinski definition) is 2. The Kier molecular flexibility index (Phi) is 7.66. The molecular weight excluding hydrogens is 558 g/mol. The maximum absolute atomic E-state index is 14.3. The Morgan fingerprint density at radius 3 is 2.43 bits per heavy atom. The highest BCUT2D eigenvalue weighted by atomic mass is 35.5. The summed E-state index contributed by atoms with van der Waals surface area (Å²) in [7, 11) is 3.07. The first-order valence-electron chi connectivity index (χ1n) is 14.5. The normalized spacial score (nSPS) is 30.1. The monoisotopic (exact) mass is 593 g/mol. The maximum atomic E-state index is 14.3. The third-order valence-corrected chi connectivity index (χ3v) is 9.49. The molecule has 1 aliphatic carbocycles. The van der Waals surface area contributed by atoms with E-state index in [1.807, 2.05) is 12.2 Å². The molecule has 0 unspecified atom stereocenters. The highest BCUT2D eigenvalue weighted by molar-refractivity contribution is 6.30. The van der Waals surface area contributed by atoms with Gasteiger partial charge in [-0.05, 0) is 36.5 Å². The van der Waals surface area contributed by atoms with Crippen LogP contribution in [-0.4, -0.2) is 61.1 Å². The summed E-state index contributed by atoms with van der Waals surface area (Å²) in [4.78, 5) is 43.6. The van der Waals surface area contributed by atoms with Crippen molar-refractivity contribution in [3.8, 4) is 11.5 Å². The number of amides is 3. The molecule has 2 bridgehead atoms. The van der Waals surface area contributed by atoms with E-state index in [-0.39, 0.29) is 30.3 Å². The molecule has 42 heavy (non-hydrogen) atoms. The first kappa shape index (κ1) is 28.6. The van der Waals surface area contributed by atoms with E-state index in [2.05, 4.69) is 17.6 Å². The van der Waals surface area contributed by atoms with Crippen molar-refractivity contribution in [2.45, 2.75) is 56.4 Å². The average molecular weight is 594 g/mol. The van der Waals surface area contributed by atoms with Gasteiger partial charge < -0.3 is 29.7 Å². The molecule has 7 atom stereocenters. The van der Waals surface area contributed by atoms with Crippen molar-refractivity contribution in [3.05, 3.63) is 65.2 Å². The van der Waals surface area contributed by atoms with Crippen LogP contribution in [0.3, 0.4) is 0 Å². The Bertz CT molecular complexity index is 1390. The first-order chi connectivity index (χ1) is 20.2. The molecule has 9 nitrogen and oxygen atoms in total. The Hall–Kier alpha value is -3.56. The Labute approximate surface area is 250 Å². The number of ether oxygens (including phenoxy) is 3. The van der Waals surface area contributed by atoms with E-state index in [0.29, 0.717) is 33.7 Å². The van der Waals surface area contributed by atoms with Gasteiger partial charge in [-0.1, -0.05) is 55.7 Å². The number of likely N-dealkylation sites (tertiary alicyclic amines) is 1. The second kappa shape index (κ2) is 11.3. The van der Waals surface area contributed by atoms with Crippen molar-refractivity contribution in [1.82, 2.24) is 10.2 Å². The van der Waals surface area contributed by atoms with Crippen LogP contribution in [0.25, 0.3) is 0 Å². The zero-order valence-corrected chi connectivity index (χ0v) is 24.7. The third kappa shape index (κ3) is 5.02. The van der Waals surface area contributed by atoms with Gasteiger partial charge in [0, 0.05) is 35.0 Å². The van der Waals surface area contributed by atoms with Gasteiger partial charge in [0.25, 0.3) is 0 Å². The summed E-state index contributed by atoms with van der Waals surface area (Å²) in [6.45, 7) is 2.32. The van der Waals surface area contributed by atoms with E-state index in [9.17, 15) is 14.4 Å². The van der Waals surface area contributed by atoms with Crippen LogP contribution in [0.1, 0.15) is 44.2 Å². The summed E-state index contributed by atoms with van der Waals surface area (Å²) >= 11 is 6.18. The molecule has 4 aliphatic rings. The fourth-order valence-electron chi connectivity index (χ4n) is 7.06. The zero-order valence-electron chi connectivity index (χ0n) is 24.0. The molecule has 3 aliphatic heterocycles. The predicted molar refractivity (Wildman–Crippen MR) is 157 cm³/mol. The fourth-order valence-corrected chi connectivity index (χ4v) is 7.19. The predicted octanol–water partition coefficient (Wildman–Crippen LogP) is 4.51. The topological polar surface area (TPSA) is 106 Å². The molecule has 3 heterocycles. The molecule has 2 aromatic carbocycles. The number of anilines is 1. The second-order valence-corrected chi connectivity index (χ2v) is 12.2. The van der Waals surface area contributed by atoms with Gasteiger partial charge in [0.1, 0.15) is 23.1 Å². The number of carbonyl (C=O) groups is 3. The molecule has 3 fully saturated rings. The largest absolute Gasteiger partial charge is 0.497 e. The average Bonchev–Trinajstić information content (AvgIpc) is 3.63. The number of nitrogens with one attached hydrogen (secondary N) is 2. The minimum atomic E-state index is -0.987. The van der Waals surface area contributed by atoms with Gasteiger partial charge >= 0.3 is 0 Å². The number of rotatable bonds is 8. The van der Waals surface area contributed by atoms with Crippen LogP contribution in [0.5, 0.6) is 11.5 Å². The van der Waals surface area contributed by atoms with Gasteiger partial charge in [0.15, 0.2) is 0 Å². The first-order valence-corrected chi connectivity index (χ1v) is 14.9. The summed E-state index contributed by atoms with van der Waals surface area (Å²) < 4.78 is 17.0. The van der Waals surface area contributed by atoms with Gasteiger partial charge in [0.05, 0.1) is 38.7 Å². The summed E-state index contributed by atoms with van der Waals surface area (Å²) in [5.74, 6) is -0.986. The van der Waals surface area contributed by atoms with Crippen molar-refractivity contribution in [2.75, 3.05) is 26.1 Å². The molecule has 3 amide bonds. The number of nitrogens with zero attached hydrogens (tertiary/aromatic N) is 1. The lowest BCUT2D eigenvalue weighted by molar-refractivity contribution is -0.142. The molecule has 1 saturated carbocycles. The Balaban J connectivity index is 1.29. The minimum Gasteiger partial charge on any atom is -0.497 e. The summed E-state index contributed by atoms with van der Waals surface area (Å²) in [6, 6.07) is 11.3. The molecule has 0 aromatic heterocycles. The minimum absolute atomic E-state index is 0.0433. The molecule has 2 N–H and O–H groups in total. The highest BCUT2D eigenvalue weighted by Gasteiger charge is 2.68. The van der Waals surface area contributed by atoms with E-state index in [0.717, 1.165) is 25.7 Å². The smallest absolute Gasteiger partial charge is 0.247 e. The molecule has 10 heteroatoms. The van der Waals surface area contributed by atoms with Gasteiger partial charge in [-0.3, -0.25) is 14.4 Å². The number of hydrogen-bond acceptors (Lipinski definition) is 6. The lowest BCUT2D eigenvalue weighted by Crippen LogP contribution is -2.49. The molecule has 1 spiro atoms. The van der Waals surface area contributed by atoms with Crippen LogP contribution in [0.2, 0.25) is 5.02 Å². The van der Waals surface area contributed by atoms with Crippen molar-refractivity contribution < 1.29 is 28.6 Å². The van der Waals surface area contributed by atoms with E-state index >= 15 is 0 Å². The van der Waals surface area contributed by atoms with Crippen LogP contribution in [0.4, 0.5) is 5.69 Å². The molecule has 0 radical (unpaired) electrons. The van der Waals surface area contributed by atoms with Gasteiger partial charge in [0.2, 0.25) is 17.7 Å². The number of halogens is 1. The van der Waals surface area contributed by atoms with Gasteiger partial charge in [-0.15, -0.1) is 0 Å². The number of methoxy groups -OCH3 is 2. The molecule has 2 saturated heterocycles. The van der Waals surface area contributed by atoms with Crippen LogP contribution in [-0.2, 0) is 19.1 Å². The van der Waals surface area contributed by atoms with Crippen LogP contribution < -0.4 is 20.1 Å². The van der Waals surface area contributed by atoms with Crippen molar-refractivity contribution in [1.29, 1.82) is 0 Å². The lowest BCUT2D eigenvalue weighted by Gasteiger charge is -2.34. The summed E-state index contributed by atoms with van der Waals surface area (Å²) in [5.41, 5.74) is 0.159. The molecule has 2 aromatic rings. The fraction of sp³-hybridized carbons (Fsp3) is 0.469. The zero-order chi connectivity index (χ0) is 29.6. The molecule has 222 valence electrons. The molecular formula is C32H36ClN3O6. The van der Waals surface area contributed by atoms with E-state index < -0.39 is 29.6 Å². The van der Waals surface area contributed by atoms with Crippen molar-refractivity contribution >= 4 is 35.0 Å². The van der Waals surface area contributed by atoms with Gasteiger partial charge in [-0.25, -0.2) is 0 Å². The second-order valence-electron chi connectivity index (χ2n) is 11.8.